The summed E-state index contributed by atoms with van der Waals surface area (Å²) in [6, 6.07) is 4.87. The van der Waals surface area contributed by atoms with E-state index in [0.717, 1.165) is 0 Å². The highest BCUT2D eigenvalue weighted by Gasteiger charge is 2.26. The number of nitrogens with zero attached hydrogens (tertiary/aromatic N) is 1. The number of likely N-dealkylation sites (tertiary alicyclic amines) is 1. The van der Waals surface area contributed by atoms with Gasteiger partial charge in [-0.2, -0.15) is 0 Å². The summed E-state index contributed by atoms with van der Waals surface area (Å²) in [6.07, 6.45) is 1.33. The van der Waals surface area contributed by atoms with Gasteiger partial charge < -0.3 is 30.2 Å². The van der Waals surface area contributed by atoms with E-state index in [2.05, 4.69) is 5.32 Å². The van der Waals surface area contributed by atoms with E-state index in [0.29, 0.717) is 43.2 Å². The molecule has 1 atom stereocenters. The summed E-state index contributed by atoms with van der Waals surface area (Å²) in [5, 5.41) is 2.62. The minimum atomic E-state index is -0.609. The highest BCUT2D eigenvalue weighted by molar-refractivity contribution is 5.87. The maximum Gasteiger partial charge on any atom is 0.241 e. The largest absolute Gasteiger partial charge is 0.493 e. The zero-order valence-electron chi connectivity index (χ0n) is 17.5. The predicted molar refractivity (Wildman–Crippen MR) is 113 cm³/mol. The van der Waals surface area contributed by atoms with Crippen molar-refractivity contribution in [3.8, 4) is 17.2 Å². The molecule has 29 heavy (non-hydrogen) atoms. The molecule has 1 aliphatic rings. The van der Waals surface area contributed by atoms with E-state index in [-0.39, 0.29) is 42.8 Å². The third-order valence-electron chi connectivity index (χ3n) is 4.90. The zero-order valence-corrected chi connectivity index (χ0v) is 18.3. The van der Waals surface area contributed by atoms with Crippen molar-refractivity contribution in [2.75, 3.05) is 33.9 Å². The number of rotatable bonds is 8. The Labute approximate surface area is 178 Å². The third kappa shape index (κ3) is 6.68. The molecule has 0 spiro atoms. The summed E-state index contributed by atoms with van der Waals surface area (Å²) in [6.45, 7) is 4.83. The molecule has 1 aliphatic heterocycles. The molecule has 8 nitrogen and oxygen atoms in total. The second-order valence-corrected chi connectivity index (χ2v) is 7.18. The van der Waals surface area contributed by atoms with E-state index in [1.54, 1.807) is 19.1 Å². The van der Waals surface area contributed by atoms with E-state index >= 15 is 0 Å². The van der Waals surface area contributed by atoms with Gasteiger partial charge in [0.05, 0.1) is 26.8 Å². The fourth-order valence-corrected chi connectivity index (χ4v) is 3.02. The first kappa shape index (κ1) is 24.8. The monoisotopic (exact) mass is 429 g/mol. The Balaban J connectivity index is 0.00000420. The molecule has 0 radical (unpaired) electrons. The number of ether oxygens (including phenoxy) is 3. The number of benzene rings is 1. The molecule has 0 aliphatic carbocycles. The maximum atomic E-state index is 12.4. The second kappa shape index (κ2) is 11.7. The number of amides is 2. The molecule has 1 saturated heterocycles. The first-order valence-electron chi connectivity index (χ1n) is 9.56. The van der Waals surface area contributed by atoms with Crippen LogP contribution in [-0.4, -0.2) is 62.7 Å². The highest BCUT2D eigenvalue weighted by Crippen LogP contribution is 2.38. The molecule has 0 bridgehead atoms. The fourth-order valence-electron chi connectivity index (χ4n) is 3.02. The van der Waals surface area contributed by atoms with E-state index in [4.69, 9.17) is 19.9 Å². The Hall–Kier alpha value is -2.19. The first-order valence-corrected chi connectivity index (χ1v) is 9.56. The van der Waals surface area contributed by atoms with E-state index in [1.165, 1.54) is 0 Å². The number of para-hydroxylation sites is 1. The molecule has 0 unspecified atom stereocenters. The fraction of sp³-hybridized carbons (Fsp3) is 0.600. The van der Waals surface area contributed by atoms with Crippen LogP contribution in [0.25, 0.3) is 0 Å². The Bertz CT molecular complexity index is 656. The van der Waals surface area contributed by atoms with Crippen LogP contribution in [0, 0.1) is 5.92 Å². The summed E-state index contributed by atoms with van der Waals surface area (Å²) in [5.74, 6) is 1.41. The molecule has 1 aromatic carbocycles. The van der Waals surface area contributed by atoms with Crippen LogP contribution in [0.5, 0.6) is 17.2 Å². The van der Waals surface area contributed by atoms with Crippen molar-refractivity contribution in [3.63, 3.8) is 0 Å². The highest BCUT2D eigenvalue weighted by atomic mass is 35.5. The Kier molecular flexibility index (Phi) is 10.0. The summed E-state index contributed by atoms with van der Waals surface area (Å²) in [5.41, 5.74) is 5.79. The van der Waals surface area contributed by atoms with E-state index in [1.807, 2.05) is 32.0 Å². The van der Waals surface area contributed by atoms with Crippen LogP contribution in [0.3, 0.4) is 0 Å². The number of nitrogens with one attached hydrogen (secondary N) is 1. The molecule has 2 amide bonds. The summed E-state index contributed by atoms with van der Waals surface area (Å²) < 4.78 is 16.8. The van der Waals surface area contributed by atoms with Crippen molar-refractivity contribution in [2.45, 2.75) is 38.8 Å². The van der Waals surface area contributed by atoms with Gasteiger partial charge >= 0.3 is 0 Å². The molecule has 0 aromatic heterocycles. The van der Waals surface area contributed by atoms with Crippen LogP contribution < -0.4 is 25.3 Å². The van der Waals surface area contributed by atoms with Crippen molar-refractivity contribution < 1.29 is 23.8 Å². The molecule has 3 N–H and O–H groups in total. The van der Waals surface area contributed by atoms with Crippen LogP contribution in [0.15, 0.2) is 18.2 Å². The van der Waals surface area contributed by atoms with Crippen LogP contribution in [0.2, 0.25) is 0 Å². The third-order valence-corrected chi connectivity index (χ3v) is 4.90. The average molecular weight is 430 g/mol. The van der Waals surface area contributed by atoms with Gasteiger partial charge in [-0.05, 0) is 18.1 Å². The van der Waals surface area contributed by atoms with E-state index < -0.39 is 6.04 Å². The van der Waals surface area contributed by atoms with Gasteiger partial charge in [0.25, 0.3) is 0 Å². The molecule has 2 rings (SSSR count). The van der Waals surface area contributed by atoms with Crippen LogP contribution in [0.4, 0.5) is 0 Å². The van der Waals surface area contributed by atoms with Gasteiger partial charge in [0.1, 0.15) is 6.10 Å². The first-order chi connectivity index (χ1) is 13.4. The predicted octanol–water partition coefficient (Wildman–Crippen LogP) is 1.59. The van der Waals surface area contributed by atoms with Gasteiger partial charge in [0, 0.05) is 25.9 Å². The summed E-state index contributed by atoms with van der Waals surface area (Å²) in [7, 11) is 3.17. The Morgan fingerprint density at radius 2 is 1.72 bits per heavy atom. The quantitative estimate of drug-likeness (QED) is 0.650. The van der Waals surface area contributed by atoms with Crippen molar-refractivity contribution >= 4 is 24.2 Å². The lowest BCUT2D eigenvalue weighted by Gasteiger charge is -2.32. The molecule has 0 saturated carbocycles. The van der Waals surface area contributed by atoms with Gasteiger partial charge in [-0.1, -0.05) is 19.9 Å². The number of nitrogens with two attached hydrogens (primary N) is 1. The maximum absolute atomic E-state index is 12.4. The van der Waals surface area contributed by atoms with Gasteiger partial charge in [-0.15, -0.1) is 12.4 Å². The van der Waals surface area contributed by atoms with Crippen LogP contribution in [-0.2, 0) is 9.59 Å². The Morgan fingerprint density at radius 3 is 2.21 bits per heavy atom. The number of halogens is 1. The van der Waals surface area contributed by atoms with Gasteiger partial charge in [0.2, 0.25) is 17.6 Å². The zero-order chi connectivity index (χ0) is 20.7. The molecule has 9 heteroatoms. The molecule has 1 aromatic rings. The number of piperidine rings is 1. The Morgan fingerprint density at radius 1 is 1.17 bits per heavy atom. The number of carbonyl (C=O) groups is 2. The lowest BCUT2D eigenvalue weighted by molar-refractivity contribution is -0.134. The molecule has 1 fully saturated rings. The molecular formula is C20H32ClN3O5. The molecule has 1 heterocycles. The van der Waals surface area contributed by atoms with Crippen molar-refractivity contribution in [2.24, 2.45) is 11.7 Å². The lowest BCUT2D eigenvalue weighted by Crippen LogP contribution is -2.49. The smallest absolute Gasteiger partial charge is 0.241 e. The normalized spacial score (nSPS) is 15.3. The number of carbonyl (C=O) groups excluding carboxylic acids is 2. The molecular weight excluding hydrogens is 398 g/mol. The SMILES string of the molecule is COc1cccc(OC)c1OC1CCN(C(=O)CNC(=O)[C@@H](N)C(C)C)CC1.Cl. The van der Waals surface area contributed by atoms with Crippen LogP contribution in [0.1, 0.15) is 26.7 Å². The van der Waals surface area contributed by atoms with Gasteiger partial charge in [-0.3, -0.25) is 9.59 Å². The summed E-state index contributed by atoms with van der Waals surface area (Å²) >= 11 is 0. The van der Waals surface area contributed by atoms with Crippen LogP contribution >= 0.6 is 12.4 Å². The number of hydrogen-bond donors (Lipinski definition) is 2. The van der Waals surface area contributed by atoms with Crippen molar-refractivity contribution in [1.82, 2.24) is 10.2 Å². The minimum Gasteiger partial charge on any atom is -0.493 e. The topological polar surface area (TPSA) is 103 Å². The van der Waals surface area contributed by atoms with Gasteiger partial charge in [0.15, 0.2) is 11.5 Å². The molecule has 164 valence electrons. The number of methoxy groups -OCH3 is 2. The van der Waals surface area contributed by atoms with E-state index in [9.17, 15) is 9.59 Å². The van der Waals surface area contributed by atoms with Crippen molar-refractivity contribution in [1.29, 1.82) is 0 Å². The lowest BCUT2D eigenvalue weighted by atomic mass is 10.1. The number of hydrogen-bond acceptors (Lipinski definition) is 6. The minimum absolute atomic E-state index is 0. The standard InChI is InChI=1S/C20H31N3O5.ClH/c1-13(2)18(21)20(25)22-12-17(24)23-10-8-14(9-11-23)28-19-15(26-3)6-5-7-16(19)27-4;/h5-7,13-14,18H,8-12,21H2,1-4H3,(H,22,25);1H/t18-;/m0./s1. The van der Waals surface area contributed by atoms with Gasteiger partial charge in [-0.25, -0.2) is 0 Å². The summed E-state index contributed by atoms with van der Waals surface area (Å²) in [4.78, 5) is 26.0. The average Bonchev–Trinajstić information content (AvgIpc) is 2.71. The van der Waals surface area contributed by atoms with Crippen molar-refractivity contribution in [3.05, 3.63) is 18.2 Å². The second-order valence-electron chi connectivity index (χ2n) is 7.18.